The highest BCUT2D eigenvalue weighted by Gasteiger charge is 2.24. The summed E-state index contributed by atoms with van der Waals surface area (Å²) in [6.45, 7) is 6.44. The highest BCUT2D eigenvalue weighted by molar-refractivity contribution is 5.77. The summed E-state index contributed by atoms with van der Waals surface area (Å²) >= 11 is 0. The van der Waals surface area contributed by atoms with E-state index in [0.29, 0.717) is 19.3 Å². The second-order valence-electron chi connectivity index (χ2n) is 19.4. The quantitative estimate of drug-likeness (QED) is 0.0245. The van der Waals surface area contributed by atoms with Gasteiger partial charge in [0.1, 0.15) is 6.10 Å². The van der Waals surface area contributed by atoms with Crippen molar-refractivity contribution in [3.63, 3.8) is 0 Å². The number of carbonyl (C=O) groups excluding carboxylic acids is 2. The van der Waals surface area contributed by atoms with Crippen molar-refractivity contribution in [2.24, 2.45) is 0 Å². The van der Waals surface area contributed by atoms with Crippen molar-refractivity contribution >= 4 is 11.9 Å². The molecule has 0 heterocycles. The lowest BCUT2D eigenvalue weighted by Gasteiger charge is -2.24. The van der Waals surface area contributed by atoms with Gasteiger partial charge in [0.05, 0.1) is 25.2 Å². The maximum absolute atomic E-state index is 13.2. The van der Waals surface area contributed by atoms with Crippen LogP contribution in [0, 0.1) is 0 Å². The molecule has 3 N–H and O–H groups in total. The molecule has 0 bridgehead atoms. The van der Waals surface area contributed by atoms with E-state index in [4.69, 9.17) is 4.74 Å². The predicted molar refractivity (Wildman–Crippen MR) is 282 cm³/mol. The van der Waals surface area contributed by atoms with Gasteiger partial charge in [0.25, 0.3) is 0 Å². The zero-order valence-corrected chi connectivity index (χ0v) is 43.4. The van der Waals surface area contributed by atoms with Crippen LogP contribution in [0.4, 0.5) is 0 Å². The number of aliphatic hydroxyl groups excluding tert-OH is 2. The smallest absolute Gasteiger partial charge is 0.306 e. The van der Waals surface area contributed by atoms with Gasteiger partial charge in [0.15, 0.2) is 0 Å². The number of ether oxygens (including phenoxy) is 1. The number of rotatable bonds is 51. The van der Waals surface area contributed by atoms with E-state index < -0.39 is 18.2 Å². The van der Waals surface area contributed by atoms with Crippen LogP contribution in [0.2, 0.25) is 0 Å². The van der Waals surface area contributed by atoms with E-state index in [0.717, 1.165) is 83.5 Å². The van der Waals surface area contributed by atoms with Crippen LogP contribution in [0.25, 0.3) is 0 Å². The van der Waals surface area contributed by atoms with Crippen molar-refractivity contribution in [2.75, 3.05) is 6.61 Å². The Hall–Kier alpha value is -2.18. The zero-order chi connectivity index (χ0) is 47.4. The average molecular weight is 913 g/mol. The standard InChI is InChI=1S/C59H109NO5/c1-4-7-10-13-16-19-22-25-27-28-29-30-31-34-37-40-43-46-49-52-59(64)65-55(50-47-44-41-38-35-32-24-21-18-15-12-9-6-3)53-58(63)60-56(54-61)57(62)51-48-45-42-39-36-33-26-23-20-17-14-11-8-5-2/h16,18-19,21,24-25,27,32,55-57,61-62H,4-15,17,20,22-23,26,28-31,33-54H2,1-3H3,(H,60,63)/b19-16-,21-18+,27-25-,32-24+. The zero-order valence-electron chi connectivity index (χ0n) is 43.4. The molecule has 0 radical (unpaired) electrons. The normalized spacial score (nSPS) is 13.5. The third kappa shape index (κ3) is 48.1. The maximum Gasteiger partial charge on any atom is 0.306 e. The summed E-state index contributed by atoms with van der Waals surface area (Å²) in [5.41, 5.74) is 0. The number of hydrogen-bond acceptors (Lipinski definition) is 5. The Labute approximate surface area is 404 Å². The fraction of sp³-hybridized carbons (Fsp3) is 0.831. The van der Waals surface area contributed by atoms with Gasteiger partial charge >= 0.3 is 5.97 Å². The first-order valence-corrected chi connectivity index (χ1v) is 28.4. The molecule has 0 fully saturated rings. The molecule has 1 amide bonds. The minimum absolute atomic E-state index is 0.0635. The minimum Gasteiger partial charge on any atom is -0.462 e. The number of unbranched alkanes of at least 4 members (excludes halogenated alkanes) is 32. The number of amides is 1. The Morgan fingerprint density at radius 3 is 1.29 bits per heavy atom. The van der Waals surface area contributed by atoms with Crippen molar-refractivity contribution in [3.05, 3.63) is 48.6 Å². The maximum atomic E-state index is 13.2. The van der Waals surface area contributed by atoms with Gasteiger partial charge in [-0.25, -0.2) is 0 Å². The molecule has 0 aliphatic carbocycles. The third-order valence-electron chi connectivity index (χ3n) is 12.9. The lowest BCUT2D eigenvalue weighted by Crippen LogP contribution is -2.46. The fourth-order valence-electron chi connectivity index (χ4n) is 8.57. The van der Waals surface area contributed by atoms with Crippen LogP contribution in [0.15, 0.2) is 48.6 Å². The van der Waals surface area contributed by atoms with Crippen LogP contribution >= 0.6 is 0 Å². The molecule has 0 rings (SSSR count). The van der Waals surface area contributed by atoms with Crippen molar-refractivity contribution in [2.45, 2.75) is 309 Å². The first kappa shape index (κ1) is 62.8. The van der Waals surface area contributed by atoms with Gasteiger partial charge in [-0.2, -0.15) is 0 Å². The largest absolute Gasteiger partial charge is 0.462 e. The minimum atomic E-state index is -0.794. The summed E-state index contributed by atoms with van der Waals surface area (Å²) < 4.78 is 5.95. The van der Waals surface area contributed by atoms with Crippen LogP contribution < -0.4 is 5.32 Å². The lowest BCUT2D eigenvalue weighted by atomic mass is 10.0. The molecule has 0 saturated heterocycles. The lowest BCUT2D eigenvalue weighted by molar-refractivity contribution is -0.151. The first-order valence-electron chi connectivity index (χ1n) is 28.4. The molecule has 0 aliphatic heterocycles. The molecular weight excluding hydrogens is 803 g/mol. The molecule has 6 nitrogen and oxygen atoms in total. The second-order valence-corrected chi connectivity index (χ2v) is 19.4. The van der Waals surface area contributed by atoms with Gasteiger partial charge in [0, 0.05) is 6.42 Å². The Bertz CT molecular complexity index is 1110. The average Bonchev–Trinajstić information content (AvgIpc) is 3.30. The Morgan fingerprint density at radius 1 is 0.462 bits per heavy atom. The molecule has 3 unspecified atom stereocenters. The number of allylic oxidation sites excluding steroid dienone is 8. The first-order chi connectivity index (χ1) is 32.0. The third-order valence-corrected chi connectivity index (χ3v) is 12.9. The molecule has 0 saturated carbocycles. The van der Waals surface area contributed by atoms with Gasteiger partial charge in [-0.05, 0) is 83.5 Å². The fourth-order valence-corrected chi connectivity index (χ4v) is 8.57. The number of nitrogens with one attached hydrogen (secondary N) is 1. The Morgan fingerprint density at radius 2 is 0.831 bits per heavy atom. The Balaban J connectivity index is 4.53. The number of aliphatic hydroxyl groups is 2. The Kier molecular flexibility index (Phi) is 51.0. The molecular formula is C59H109NO5. The van der Waals surface area contributed by atoms with E-state index in [-0.39, 0.29) is 24.9 Å². The molecule has 0 aromatic heterocycles. The summed E-state index contributed by atoms with van der Waals surface area (Å²) in [5.74, 6) is -0.489. The molecule has 3 atom stereocenters. The van der Waals surface area contributed by atoms with Crippen LogP contribution in [-0.4, -0.2) is 46.9 Å². The van der Waals surface area contributed by atoms with Crippen LogP contribution in [0.5, 0.6) is 0 Å². The molecule has 0 aromatic carbocycles. The SMILES string of the molecule is CCCCC/C=C\C/C=C\CCCCCCCCCCCC(=O)OC(CCCCCC/C=C/C=C/CCCCC)CC(=O)NC(CO)C(O)CCCCCCCCCCCCCCCC. The van der Waals surface area contributed by atoms with Crippen LogP contribution in [0.1, 0.15) is 290 Å². The molecule has 0 aromatic rings. The van der Waals surface area contributed by atoms with Crippen molar-refractivity contribution in [3.8, 4) is 0 Å². The summed E-state index contributed by atoms with van der Waals surface area (Å²) in [7, 11) is 0. The van der Waals surface area contributed by atoms with Crippen LogP contribution in [0.3, 0.4) is 0 Å². The van der Waals surface area contributed by atoms with E-state index in [1.807, 2.05) is 0 Å². The van der Waals surface area contributed by atoms with E-state index in [1.165, 1.54) is 161 Å². The molecule has 6 heteroatoms. The van der Waals surface area contributed by atoms with E-state index in [1.54, 1.807) is 0 Å². The number of esters is 1. The van der Waals surface area contributed by atoms with Gasteiger partial charge < -0.3 is 20.3 Å². The monoisotopic (exact) mass is 912 g/mol. The topological polar surface area (TPSA) is 95.9 Å². The van der Waals surface area contributed by atoms with Crippen LogP contribution in [-0.2, 0) is 14.3 Å². The molecule has 380 valence electrons. The second kappa shape index (κ2) is 52.8. The molecule has 0 aliphatic rings. The van der Waals surface area contributed by atoms with Gasteiger partial charge in [-0.15, -0.1) is 0 Å². The van der Waals surface area contributed by atoms with E-state index in [2.05, 4.69) is 74.7 Å². The molecule has 65 heavy (non-hydrogen) atoms. The number of hydrogen-bond donors (Lipinski definition) is 3. The van der Waals surface area contributed by atoms with Crippen molar-refractivity contribution < 1.29 is 24.5 Å². The summed E-state index contributed by atoms with van der Waals surface area (Å²) in [6.07, 6.45) is 64.6. The summed E-state index contributed by atoms with van der Waals surface area (Å²) in [5, 5.41) is 23.8. The highest BCUT2D eigenvalue weighted by Crippen LogP contribution is 2.18. The van der Waals surface area contributed by atoms with Gasteiger partial charge in [0.2, 0.25) is 5.91 Å². The van der Waals surface area contributed by atoms with Gasteiger partial charge in [-0.3, -0.25) is 9.59 Å². The van der Waals surface area contributed by atoms with Gasteiger partial charge in [-0.1, -0.05) is 243 Å². The summed E-state index contributed by atoms with van der Waals surface area (Å²) in [4.78, 5) is 26.2. The molecule has 0 spiro atoms. The van der Waals surface area contributed by atoms with Crippen molar-refractivity contribution in [1.82, 2.24) is 5.32 Å². The van der Waals surface area contributed by atoms with E-state index in [9.17, 15) is 19.8 Å². The predicted octanol–water partition coefficient (Wildman–Crippen LogP) is 17.4. The van der Waals surface area contributed by atoms with Crippen molar-refractivity contribution in [1.29, 1.82) is 0 Å². The van der Waals surface area contributed by atoms with E-state index >= 15 is 0 Å². The highest BCUT2D eigenvalue weighted by atomic mass is 16.5. The summed E-state index contributed by atoms with van der Waals surface area (Å²) in [6, 6.07) is -0.709. The number of carbonyl (C=O) groups is 2.